The van der Waals surface area contributed by atoms with E-state index in [-0.39, 0.29) is 34.4 Å². The SMILES string of the molecule is CC(C)C[C@H]1N[C@@]2(c3ccccc3-n3c2nc2ccccc2c3=O)[C@H]2C(=O)N(c3ccc(Cl)c(Cl)c3)C(=O)[C@@H]12. The molecule has 7 nitrogen and oxygen atoms in total. The van der Waals surface area contributed by atoms with Crippen molar-refractivity contribution in [1.82, 2.24) is 14.9 Å². The highest BCUT2D eigenvalue weighted by molar-refractivity contribution is 6.42. The molecule has 2 saturated heterocycles. The number of benzene rings is 3. The molecule has 196 valence electrons. The summed E-state index contributed by atoms with van der Waals surface area (Å²) in [4.78, 5) is 48.7. The molecule has 0 radical (unpaired) electrons. The number of rotatable bonds is 3. The van der Waals surface area contributed by atoms with Gasteiger partial charge in [-0.15, -0.1) is 0 Å². The van der Waals surface area contributed by atoms with Gasteiger partial charge in [-0.25, -0.2) is 9.88 Å². The molecule has 4 aromatic rings. The Morgan fingerprint density at radius 1 is 0.949 bits per heavy atom. The highest BCUT2D eigenvalue weighted by Gasteiger charge is 2.69. The fourth-order valence-corrected chi connectivity index (χ4v) is 7.10. The van der Waals surface area contributed by atoms with Gasteiger partial charge >= 0.3 is 0 Å². The van der Waals surface area contributed by atoms with E-state index in [1.807, 2.05) is 36.4 Å². The molecule has 7 rings (SSSR count). The molecule has 39 heavy (non-hydrogen) atoms. The second-order valence-electron chi connectivity index (χ2n) is 10.9. The molecule has 3 aliphatic rings. The Balaban J connectivity index is 1.51. The van der Waals surface area contributed by atoms with Crippen LogP contribution in [0.2, 0.25) is 10.0 Å². The summed E-state index contributed by atoms with van der Waals surface area (Å²) in [5, 5.41) is 4.81. The number of nitrogens with zero attached hydrogens (tertiary/aromatic N) is 3. The molecule has 1 N–H and O–H groups in total. The highest BCUT2D eigenvalue weighted by atomic mass is 35.5. The lowest BCUT2D eigenvalue weighted by Gasteiger charge is -2.32. The van der Waals surface area contributed by atoms with Crippen molar-refractivity contribution in [1.29, 1.82) is 0 Å². The van der Waals surface area contributed by atoms with E-state index in [2.05, 4.69) is 19.2 Å². The lowest BCUT2D eigenvalue weighted by molar-refractivity contribution is -0.123. The minimum Gasteiger partial charge on any atom is -0.297 e. The van der Waals surface area contributed by atoms with Gasteiger partial charge in [-0.3, -0.25) is 24.3 Å². The predicted octanol–water partition coefficient (Wildman–Crippen LogP) is 5.07. The first-order valence-corrected chi connectivity index (χ1v) is 13.7. The van der Waals surface area contributed by atoms with E-state index in [1.165, 1.54) is 4.90 Å². The van der Waals surface area contributed by atoms with Crippen molar-refractivity contribution in [2.75, 3.05) is 4.90 Å². The number of hydrogen-bond acceptors (Lipinski definition) is 5. The Labute approximate surface area is 234 Å². The molecule has 0 unspecified atom stereocenters. The van der Waals surface area contributed by atoms with Crippen molar-refractivity contribution >= 4 is 51.6 Å². The topological polar surface area (TPSA) is 84.3 Å². The molecule has 0 aliphatic carbocycles. The molecule has 1 spiro atoms. The van der Waals surface area contributed by atoms with Crippen molar-refractivity contribution < 1.29 is 9.59 Å². The maximum absolute atomic E-state index is 14.4. The molecule has 0 bridgehead atoms. The van der Waals surface area contributed by atoms with E-state index in [1.54, 1.807) is 34.9 Å². The van der Waals surface area contributed by atoms with Crippen LogP contribution < -0.4 is 15.8 Å². The predicted molar refractivity (Wildman–Crippen MR) is 150 cm³/mol. The minimum atomic E-state index is -1.16. The van der Waals surface area contributed by atoms with Crippen LogP contribution >= 0.6 is 23.2 Å². The molecule has 3 aromatic carbocycles. The molecular formula is C30H24Cl2N4O3. The summed E-state index contributed by atoms with van der Waals surface area (Å²) in [6, 6.07) is 19.2. The number of para-hydroxylation sites is 2. The average molecular weight is 559 g/mol. The number of aromatic nitrogens is 2. The number of hydrogen-bond donors (Lipinski definition) is 1. The number of anilines is 1. The summed E-state index contributed by atoms with van der Waals surface area (Å²) in [5.41, 5.74) is 0.987. The number of fused-ring (bicyclic) bond motifs is 8. The maximum atomic E-state index is 14.4. The number of halogens is 2. The van der Waals surface area contributed by atoms with Crippen LogP contribution in [0.5, 0.6) is 0 Å². The van der Waals surface area contributed by atoms with Crippen molar-refractivity contribution in [2.24, 2.45) is 17.8 Å². The van der Waals surface area contributed by atoms with E-state index in [9.17, 15) is 14.4 Å². The second-order valence-corrected chi connectivity index (χ2v) is 11.7. The molecule has 9 heteroatoms. The van der Waals surface area contributed by atoms with Gasteiger partial charge in [0.05, 0.1) is 44.2 Å². The second kappa shape index (κ2) is 8.49. The van der Waals surface area contributed by atoms with Crippen LogP contribution in [-0.2, 0) is 15.1 Å². The molecule has 3 aliphatic heterocycles. The summed E-state index contributed by atoms with van der Waals surface area (Å²) in [6.07, 6.45) is 0.664. The van der Waals surface area contributed by atoms with E-state index >= 15 is 0 Å². The van der Waals surface area contributed by atoms with E-state index in [0.29, 0.717) is 39.5 Å². The molecule has 0 saturated carbocycles. The van der Waals surface area contributed by atoms with E-state index in [4.69, 9.17) is 28.2 Å². The highest BCUT2D eigenvalue weighted by Crippen LogP contribution is 2.56. The third-order valence-electron chi connectivity index (χ3n) is 8.25. The third-order valence-corrected chi connectivity index (χ3v) is 8.99. The number of nitrogens with one attached hydrogen (secondary N) is 1. The number of carbonyl (C=O) groups is 2. The minimum absolute atomic E-state index is 0.205. The lowest BCUT2D eigenvalue weighted by Crippen LogP contribution is -2.50. The van der Waals surface area contributed by atoms with Crippen LogP contribution in [0.3, 0.4) is 0 Å². The third kappa shape index (κ3) is 3.21. The smallest absolute Gasteiger partial charge is 0.266 e. The first kappa shape index (κ1) is 24.5. The standard InChI is InChI=1S/C30H24Cl2N4O3/c1-15(2)13-22-24-25(28(39)35(27(24)38)16-11-12-19(31)20(32)14-16)30(34-22)18-8-4-6-10-23(18)36-26(37)17-7-3-5-9-21(17)33-29(30)36/h3-12,14-15,22,24-25,34H,13H2,1-2H3/t22-,24+,25-,30+/m1/s1. The van der Waals surface area contributed by atoms with Gasteiger partial charge in [0.1, 0.15) is 11.4 Å². The molecule has 1 aromatic heterocycles. The summed E-state index contributed by atoms with van der Waals surface area (Å²) < 4.78 is 1.61. The fraction of sp³-hybridized carbons (Fsp3) is 0.267. The van der Waals surface area contributed by atoms with Crippen LogP contribution in [0.4, 0.5) is 5.69 Å². The van der Waals surface area contributed by atoms with Crippen molar-refractivity contribution in [3.8, 4) is 5.69 Å². The monoisotopic (exact) mass is 558 g/mol. The fourth-order valence-electron chi connectivity index (χ4n) is 6.81. The van der Waals surface area contributed by atoms with E-state index < -0.39 is 17.4 Å². The molecule has 2 amide bonds. The average Bonchev–Trinajstić information content (AvgIpc) is 3.49. The van der Waals surface area contributed by atoms with Crippen LogP contribution in [0.15, 0.2) is 71.5 Å². The zero-order chi connectivity index (χ0) is 27.2. The van der Waals surface area contributed by atoms with Crippen molar-refractivity contribution in [3.05, 3.63) is 98.5 Å². The Hall–Kier alpha value is -3.52. The van der Waals surface area contributed by atoms with Gasteiger partial charge in [0, 0.05) is 11.6 Å². The number of imide groups is 1. The first-order valence-electron chi connectivity index (χ1n) is 13.0. The summed E-state index contributed by atoms with van der Waals surface area (Å²) >= 11 is 12.4. The number of amides is 2. The van der Waals surface area contributed by atoms with Gasteiger partial charge in [-0.05, 0) is 48.7 Å². The molecule has 4 heterocycles. The van der Waals surface area contributed by atoms with Crippen LogP contribution in [0, 0.1) is 17.8 Å². The Kier molecular flexibility index (Phi) is 5.34. The van der Waals surface area contributed by atoms with Crippen molar-refractivity contribution in [2.45, 2.75) is 31.8 Å². The Morgan fingerprint density at radius 3 is 2.46 bits per heavy atom. The molecular weight excluding hydrogens is 535 g/mol. The van der Waals surface area contributed by atoms with Crippen LogP contribution in [0.1, 0.15) is 31.7 Å². The van der Waals surface area contributed by atoms with Crippen molar-refractivity contribution in [3.63, 3.8) is 0 Å². The van der Waals surface area contributed by atoms with Crippen LogP contribution in [-0.4, -0.2) is 27.4 Å². The maximum Gasteiger partial charge on any atom is 0.266 e. The molecule has 4 atom stereocenters. The zero-order valence-electron chi connectivity index (χ0n) is 21.2. The van der Waals surface area contributed by atoms with E-state index in [0.717, 1.165) is 5.56 Å². The van der Waals surface area contributed by atoms with Gasteiger partial charge in [-0.1, -0.05) is 67.4 Å². The summed E-state index contributed by atoms with van der Waals surface area (Å²) in [6.45, 7) is 4.18. The van der Waals surface area contributed by atoms with Gasteiger partial charge < -0.3 is 0 Å². The summed E-state index contributed by atoms with van der Waals surface area (Å²) in [5.74, 6) is -1.43. The van der Waals surface area contributed by atoms with Gasteiger partial charge in [0.2, 0.25) is 11.8 Å². The normalized spacial score (nSPS) is 25.2. The largest absolute Gasteiger partial charge is 0.297 e. The Bertz CT molecular complexity index is 1780. The molecule has 2 fully saturated rings. The number of carbonyl (C=O) groups excluding carboxylic acids is 2. The van der Waals surface area contributed by atoms with Crippen LogP contribution in [0.25, 0.3) is 16.6 Å². The van der Waals surface area contributed by atoms with Gasteiger partial charge in [0.25, 0.3) is 5.56 Å². The Morgan fingerprint density at radius 2 is 1.69 bits per heavy atom. The first-order chi connectivity index (χ1) is 18.7. The van der Waals surface area contributed by atoms with Gasteiger partial charge in [0.15, 0.2) is 0 Å². The summed E-state index contributed by atoms with van der Waals surface area (Å²) in [7, 11) is 0. The lowest BCUT2D eigenvalue weighted by atomic mass is 9.75. The van der Waals surface area contributed by atoms with Gasteiger partial charge in [-0.2, -0.15) is 0 Å². The quantitative estimate of drug-likeness (QED) is 0.355. The zero-order valence-corrected chi connectivity index (χ0v) is 22.7.